The number of nitrogens with one attached hydrogen (secondary N) is 2. The molecule has 2 aliphatic heterocycles. The molecule has 3 aromatic rings. The van der Waals surface area contributed by atoms with Crippen LogP contribution in [0.4, 0.5) is 10.3 Å². The average Bonchev–Trinajstić information content (AvgIpc) is 3.22. The van der Waals surface area contributed by atoms with Gasteiger partial charge in [0.1, 0.15) is 17.6 Å². The lowest BCUT2D eigenvalue weighted by Gasteiger charge is -2.23. The molecule has 1 saturated heterocycles. The maximum atomic E-state index is 13.8. The molecule has 0 saturated carbocycles. The van der Waals surface area contributed by atoms with E-state index in [2.05, 4.69) is 15.6 Å². The summed E-state index contributed by atoms with van der Waals surface area (Å²) in [4.78, 5) is 22.2. The number of benzene rings is 2. The summed E-state index contributed by atoms with van der Waals surface area (Å²) >= 11 is 0. The number of nitrogens with zero attached hydrogens (tertiary/aromatic N) is 3. The van der Waals surface area contributed by atoms with Gasteiger partial charge in [0.05, 0.1) is 17.7 Å². The third-order valence-electron chi connectivity index (χ3n) is 7.22. The zero-order valence-corrected chi connectivity index (χ0v) is 23.4. The van der Waals surface area contributed by atoms with Gasteiger partial charge in [-0.2, -0.15) is 4.31 Å². The maximum Gasteiger partial charge on any atom is 0.244 e. The summed E-state index contributed by atoms with van der Waals surface area (Å²) in [5.41, 5.74) is 3.20. The standard InChI is InChI=1S/C28H32FN5O5S/c1-17-14-31-28(32-23-6-8-39-9-7-23)33-26(17)20-4-5-21-16-34(40(36,37)25(21)12-20)18(2)27(35)30-15-19-10-22(29)13-24(11-19)38-3/h4-5,10-14,18,23H,6-9,15-16H2,1-3H3,(H,30,35)(H,31,32,33)/t18-/m1/s1. The third-order valence-corrected chi connectivity index (χ3v) is 9.22. The van der Waals surface area contributed by atoms with Gasteiger partial charge in [0.2, 0.25) is 21.9 Å². The molecule has 1 amide bonds. The smallest absolute Gasteiger partial charge is 0.244 e. The summed E-state index contributed by atoms with van der Waals surface area (Å²) in [7, 11) is -2.52. The summed E-state index contributed by atoms with van der Waals surface area (Å²) in [6.07, 6.45) is 3.45. The van der Waals surface area contributed by atoms with Crippen LogP contribution in [0.3, 0.4) is 0 Å². The van der Waals surface area contributed by atoms with E-state index in [1.54, 1.807) is 24.4 Å². The molecule has 212 valence electrons. The third kappa shape index (κ3) is 5.79. The van der Waals surface area contributed by atoms with E-state index in [1.807, 2.05) is 13.0 Å². The van der Waals surface area contributed by atoms with E-state index >= 15 is 0 Å². The number of anilines is 1. The summed E-state index contributed by atoms with van der Waals surface area (Å²) in [5, 5.41) is 6.06. The van der Waals surface area contributed by atoms with Crippen molar-refractivity contribution in [2.75, 3.05) is 25.6 Å². The number of carbonyl (C=O) groups excluding carboxylic acids is 1. The van der Waals surface area contributed by atoms with Crippen molar-refractivity contribution in [1.82, 2.24) is 19.6 Å². The number of rotatable bonds is 8. The monoisotopic (exact) mass is 569 g/mol. The number of ether oxygens (including phenoxy) is 2. The topological polar surface area (TPSA) is 123 Å². The van der Waals surface area contributed by atoms with E-state index in [-0.39, 0.29) is 24.0 Å². The summed E-state index contributed by atoms with van der Waals surface area (Å²) in [6.45, 7) is 4.88. The van der Waals surface area contributed by atoms with Crippen molar-refractivity contribution in [3.63, 3.8) is 0 Å². The number of halogens is 1. The van der Waals surface area contributed by atoms with Crippen molar-refractivity contribution in [2.24, 2.45) is 0 Å². The highest BCUT2D eigenvalue weighted by molar-refractivity contribution is 7.89. The van der Waals surface area contributed by atoms with E-state index in [0.29, 0.717) is 47.3 Å². The van der Waals surface area contributed by atoms with E-state index in [1.165, 1.54) is 30.5 Å². The predicted molar refractivity (Wildman–Crippen MR) is 147 cm³/mol. The SMILES string of the molecule is COc1cc(F)cc(CNC(=O)[C@@H](C)N2Cc3ccc(-c4nc(NC5CCOCC5)ncc4C)cc3S2(=O)=O)c1. The molecule has 5 rings (SSSR count). The zero-order chi connectivity index (χ0) is 28.4. The van der Waals surface area contributed by atoms with Crippen LogP contribution in [0.15, 0.2) is 47.5 Å². The molecule has 0 aliphatic carbocycles. The Morgan fingerprint density at radius 1 is 1.23 bits per heavy atom. The molecule has 1 atom stereocenters. The second-order valence-electron chi connectivity index (χ2n) is 10.0. The minimum atomic E-state index is -3.95. The minimum absolute atomic E-state index is 0.0273. The van der Waals surface area contributed by atoms with Crippen molar-refractivity contribution in [3.8, 4) is 17.0 Å². The van der Waals surface area contributed by atoms with Crippen molar-refractivity contribution >= 4 is 21.9 Å². The second-order valence-corrected chi connectivity index (χ2v) is 11.9. The lowest BCUT2D eigenvalue weighted by atomic mass is 10.1. The Hall–Kier alpha value is -3.61. The summed E-state index contributed by atoms with van der Waals surface area (Å²) in [5.74, 6) is -0.166. The molecule has 2 aromatic carbocycles. The quantitative estimate of drug-likeness (QED) is 0.423. The first kappa shape index (κ1) is 27.9. The molecule has 40 heavy (non-hydrogen) atoms. The van der Waals surface area contributed by atoms with E-state index in [0.717, 1.165) is 18.4 Å². The van der Waals surface area contributed by atoms with Gasteiger partial charge in [-0.3, -0.25) is 4.79 Å². The Morgan fingerprint density at radius 3 is 2.75 bits per heavy atom. The number of sulfonamides is 1. The van der Waals surface area contributed by atoms with Crippen LogP contribution < -0.4 is 15.4 Å². The van der Waals surface area contributed by atoms with Crippen LogP contribution in [0.1, 0.15) is 36.5 Å². The highest BCUT2D eigenvalue weighted by atomic mass is 32.2. The van der Waals surface area contributed by atoms with Gasteiger partial charge in [-0.25, -0.2) is 22.8 Å². The minimum Gasteiger partial charge on any atom is -0.497 e. The number of aromatic nitrogens is 2. The van der Waals surface area contributed by atoms with E-state index in [4.69, 9.17) is 14.5 Å². The van der Waals surface area contributed by atoms with Gasteiger partial charge >= 0.3 is 0 Å². The molecule has 0 spiro atoms. The van der Waals surface area contributed by atoms with Crippen molar-refractivity contribution in [3.05, 3.63) is 65.1 Å². The molecule has 0 unspecified atom stereocenters. The molecule has 1 aromatic heterocycles. The fraction of sp³-hybridized carbons (Fsp3) is 0.393. The molecule has 2 N–H and O–H groups in total. The Labute approximate surface area is 233 Å². The highest BCUT2D eigenvalue weighted by Crippen LogP contribution is 2.35. The summed E-state index contributed by atoms with van der Waals surface area (Å²) < 4.78 is 52.6. The van der Waals surface area contributed by atoms with Gasteiger partial charge in [0.25, 0.3) is 0 Å². The van der Waals surface area contributed by atoms with E-state index in [9.17, 15) is 17.6 Å². The van der Waals surface area contributed by atoms with Crippen LogP contribution in [-0.2, 0) is 32.6 Å². The molecule has 0 radical (unpaired) electrons. The molecule has 2 aliphatic rings. The maximum absolute atomic E-state index is 13.8. The molecular weight excluding hydrogens is 537 g/mol. The molecule has 10 nitrogen and oxygen atoms in total. The lowest BCUT2D eigenvalue weighted by Crippen LogP contribution is -2.44. The number of carbonyl (C=O) groups is 1. The number of fused-ring (bicyclic) bond motifs is 1. The number of amides is 1. The largest absolute Gasteiger partial charge is 0.497 e. The lowest BCUT2D eigenvalue weighted by molar-refractivity contribution is -0.124. The van der Waals surface area contributed by atoms with Gasteiger partial charge in [0.15, 0.2) is 0 Å². The fourth-order valence-electron chi connectivity index (χ4n) is 4.93. The molecular formula is C28H32FN5O5S. The first-order valence-corrected chi connectivity index (χ1v) is 14.5. The molecule has 0 bridgehead atoms. The molecule has 3 heterocycles. The zero-order valence-electron chi connectivity index (χ0n) is 22.6. The molecule has 1 fully saturated rings. The Kier molecular flexibility index (Phi) is 8.02. The normalized spacial score (nSPS) is 17.7. The number of hydrogen-bond donors (Lipinski definition) is 2. The molecule has 12 heteroatoms. The van der Waals surface area contributed by atoms with Crippen LogP contribution in [-0.4, -0.2) is 61.0 Å². The Bertz CT molecular complexity index is 1530. The van der Waals surface area contributed by atoms with Crippen LogP contribution >= 0.6 is 0 Å². The Balaban J connectivity index is 1.32. The van der Waals surface area contributed by atoms with Gasteiger partial charge in [0, 0.05) is 50.2 Å². The van der Waals surface area contributed by atoms with Gasteiger partial charge < -0.3 is 20.1 Å². The Morgan fingerprint density at radius 2 is 2.00 bits per heavy atom. The van der Waals surface area contributed by atoms with Crippen LogP contribution in [0.25, 0.3) is 11.3 Å². The average molecular weight is 570 g/mol. The summed E-state index contributed by atoms with van der Waals surface area (Å²) in [6, 6.07) is 8.59. The second kappa shape index (κ2) is 11.5. The number of methoxy groups -OCH3 is 1. The first-order chi connectivity index (χ1) is 19.2. The van der Waals surface area contributed by atoms with Crippen LogP contribution in [0.5, 0.6) is 5.75 Å². The van der Waals surface area contributed by atoms with Gasteiger partial charge in [-0.05, 0) is 61.6 Å². The van der Waals surface area contributed by atoms with Crippen LogP contribution in [0.2, 0.25) is 0 Å². The van der Waals surface area contributed by atoms with Gasteiger partial charge in [-0.15, -0.1) is 0 Å². The highest BCUT2D eigenvalue weighted by Gasteiger charge is 2.40. The first-order valence-electron chi connectivity index (χ1n) is 13.1. The number of hydrogen-bond acceptors (Lipinski definition) is 8. The van der Waals surface area contributed by atoms with Crippen molar-refractivity contribution in [2.45, 2.75) is 56.8 Å². The number of aryl methyl sites for hydroxylation is 1. The van der Waals surface area contributed by atoms with E-state index < -0.39 is 27.8 Å². The van der Waals surface area contributed by atoms with Gasteiger partial charge in [-0.1, -0.05) is 12.1 Å². The predicted octanol–water partition coefficient (Wildman–Crippen LogP) is 3.40. The van der Waals surface area contributed by atoms with Crippen LogP contribution in [0, 0.1) is 12.7 Å². The van der Waals surface area contributed by atoms with Crippen molar-refractivity contribution < 1.29 is 27.1 Å². The fourth-order valence-corrected chi connectivity index (χ4v) is 6.75. The van der Waals surface area contributed by atoms with Crippen molar-refractivity contribution in [1.29, 1.82) is 0 Å².